The summed E-state index contributed by atoms with van der Waals surface area (Å²) < 4.78 is 13.7. The largest absolute Gasteiger partial charge is 0.307 e. The minimum atomic E-state index is -0.188. The van der Waals surface area contributed by atoms with Gasteiger partial charge in [0, 0.05) is 16.6 Å². The summed E-state index contributed by atoms with van der Waals surface area (Å²) in [6, 6.07) is 5.84. The Kier molecular flexibility index (Phi) is 2.88. The van der Waals surface area contributed by atoms with Gasteiger partial charge in [-0.2, -0.15) is 0 Å². The summed E-state index contributed by atoms with van der Waals surface area (Å²) in [6.45, 7) is 2.18. The lowest BCUT2D eigenvalue weighted by molar-refractivity contribution is 0.579. The van der Waals surface area contributed by atoms with E-state index in [2.05, 4.69) is 28.2 Å². The zero-order valence-electron chi connectivity index (χ0n) is 8.06. The highest BCUT2D eigenvalue weighted by Crippen LogP contribution is 2.31. The SMILES string of the molecule is CC1CCC(c2ccc(F)cc2Br)N1. The van der Waals surface area contributed by atoms with Gasteiger partial charge >= 0.3 is 0 Å². The van der Waals surface area contributed by atoms with Crippen LogP contribution in [-0.2, 0) is 0 Å². The summed E-state index contributed by atoms with van der Waals surface area (Å²) >= 11 is 3.40. The lowest BCUT2D eigenvalue weighted by Gasteiger charge is -2.13. The second-order valence-electron chi connectivity index (χ2n) is 3.86. The van der Waals surface area contributed by atoms with E-state index in [4.69, 9.17) is 0 Å². The number of rotatable bonds is 1. The number of hydrogen-bond donors (Lipinski definition) is 1. The molecule has 2 unspecified atom stereocenters. The fourth-order valence-corrected chi connectivity index (χ4v) is 2.58. The van der Waals surface area contributed by atoms with Gasteiger partial charge in [0.25, 0.3) is 0 Å². The molecule has 0 bridgehead atoms. The molecule has 14 heavy (non-hydrogen) atoms. The van der Waals surface area contributed by atoms with Gasteiger partial charge in [0.05, 0.1) is 0 Å². The topological polar surface area (TPSA) is 12.0 Å². The minimum Gasteiger partial charge on any atom is -0.307 e. The molecule has 0 saturated carbocycles. The van der Waals surface area contributed by atoms with Gasteiger partial charge in [0.15, 0.2) is 0 Å². The minimum absolute atomic E-state index is 0.188. The third-order valence-corrected chi connectivity index (χ3v) is 3.40. The molecule has 1 aromatic rings. The second kappa shape index (κ2) is 3.99. The third-order valence-electron chi connectivity index (χ3n) is 2.71. The number of hydrogen-bond acceptors (Lipinski definition) is 1. The molecule has 0 amide bonds. The molecule has 1 saturated heterocycles. The van der Waals surface area contributed by atoms with Gasteiger partial charge in [-0.3, -0.25) is 0 Å². The molecule has 1 aliphatic rings. The van der Waals surface area contributed by atoms with Crippen LogP contribution in [0.15, 0.2) is 22.7 Å². The van der Waals surface area contributed by atoms with Gasteiger partial charge < -0.3 is 5.32 Å². The van der Waals surface area contributed by atoms with Crippen LogP contribution in [0.25, 0.3) is 0 Å². The van der Waals surface area contributed by atoms with E-state index in [0.717, 1.165) is 16.5 Å². The molecule has 1 nitrogen and oxygen atoms in total. The van der Waals surface area contributed by atoms with E-state index >= 15 is 0 Å². The van der Waals surface area contributed by atoms with Crippen molar-refractivity contribution in [2.45, 2.75) is 31.8 Å². The normalized spacial score (nSPS) is 26.8. The maximum atomic E-state index is 12.9. The zero-order valence-corrected chi connectivity index (χ0v) is 9.64. The van der Waals surface area contributed by atoms with Crippen molar-refractivity contribution in [3.63, 3.8) is 0 Å². The first-order valence-corrected chi connectivity index (χ1v) is 5.67. The fourth-order valence-electron chi connectivity index (χ4n) is 1.96. The van der Waals surface area contributed by atoms with Crippen LogP contribution in [0.4, 0.5) is 4.39 Å². The van der Waals surface area contributed by atoms with Crippen molar-refractivity contribution in [2.75, 3.05) is 0 Å². The van der Waals surface area contributed by atoms with Gasteiger partial charge in [0.2, 0.25) is 0 Å². The van der Waals surface area contributed by atoms with Crippen molar-refractivity contribution in [3.05, 3.63) is 34.1 Å². The smallest absolute Gasteiger partial charge is 0.124 e. The first-order chi connectivity index (χ1) is 6.66. The Morgan fingerprint density at radius 3 is 2.79 bits per heavy atom. The van der Waals surface area contributed by atoms with Crippen LogP contribution in [0.1, 0.15) is 31.4 Å². The van der Waals surface area contributed by atoms with E-state index in [9.17, 15) is 4.39 Å². The molecule has 1 heterocycles. The van der Waals surface area contributed by atoms with Crippen LogP contribution in [-0.4, -0.2) is 6.04 Å². The van der Waals surface area contributed by atoms with E-state index in [0.29, 0.717) is 12.1 Å². The summed E-state index contributed by atoms with van der Waals surface area (Å²) in [5.41, 5.74) is 1.16. The first-order valence-electron chi connectivity index (χ1n) is 4.88. The molecule has 2 rings (SSSR count). The summed E-state index contributed by atoms with van der Waals surface area (Å²) in [6.07, 6.45) is 2.32. The summed E-state index contributed by atoms with van der Waals surface area (Å²) in [7, 11) is 0. The average Bonchev–Trinajstić information content (AvgIpc) is 2.51. The number of halogens is 2. The van der Waals surface area contributed by atoms with E-state index < -0.39 is 0 Å². The van der Waals surface area contributed by atoms with Gasteiger partial charge in [-0.25, -0.2) is 4.39 Å². The van der Waals surface area contributed by atoms with Crippen LogP contribution >= 0.6 is 15.9 Å². The molecule has 0 spiro atoms. The summed E-state index contributed by atoms with van der Waals surface area (Å²) in [5.74, 6) is -0.188. The first kappa shape index (κ1) is 10.1. The highest BCUT2D eigenvalue weighted by molar-refractivity contribution is 9.10. The van der Waals surface area contributed by atoms with Crippen LogP contribution in [0.3, 0.4) is 0 Å². The van der Waals surface area contributed by atoms with Crippen molar-refractivity contribution in [2.24, 2.45) is 0 Å². The number of benzene rings is 1. The predicted molar refractivity (Wildman–Crippen MR) is 58.7 cm³/mol. The maximum absolute atomic E-state index is 12.9. The fraction of sp³-hybridized carbons (Fsp3) is 0.455. The Bertz CT molecular complexity index is 340. The van der Waals surface area contributed by atoms with Gasteiger partial charge in [-0.05, 0) is 37.5 Å². The zero-order chi connectivity index (χ0) is 10.1. The Hall–Kier alpha value is -0.410. The van der Waals surface area contributed by atoms with Crippen molar-refractivity contribution in [1.82, 2.24) is 5.32 Å². The van der Waals surface area contributed by atoms with Crippen LogP contribution in [0.5, 0.6) is 0 Å². The van der Waals surface area contributed by atoms with Gasteiger partial charge in [-0.1, -0.05) is 22.0 Å². The average molecular weight is 258 g/mol. The number of nitrogens with one attached hydrogen (secondary N) is 1. The van der Waals surface area contributed by atoms with E-state index in [1.807, 2.05) is 6.07 Å². The van der Waals surface area contributed by atoms with E-state index in [1.54, 1.807) is 0 Å². The summed E-state index contributed by atoms with van der Waals surface area (Å²) in [4.78, 5) is 0. The molecule has 1 aromatic carbocycles. The molecule has 0 aliphatic carbocycles. The predicted octanol–water partition coefficient (Wildman–Crippen LogP) is 3.40. The van der Waals surface area contributed by atoms with Gasteiger partial charge in [0.1, 0.15) is 5.82 Å². The quantitative estimate of drug-likeness (QED) is 0.814. The highest BCUT2D eigenvalue weighted by atomic mass is 79.9. The van der Waals surface area contributed by atoms with Crippen molar-refractivity contribution < 1.29 is 4.39 Å². The van der Waals surface area contributed by atoms with Gasteiger partial charge in [-0.15, -0.1) is 0 Å². The third kappa shape index (κ3) is 1.98. The molecule has 1 fully saturated rings. The molecular formula is C11H13BrFN. The standard InChI is InChI=1S/C11H13BrFN/c1-7-2-5-11(14-7)9-4-3-8(13)6-10(9)12/h3-4,6-7,11,14H,2,5H2,1H3. The lowest BCUT2D eigenvalue weighted by atomic mass is 10.1. The van der Waals surface area contributed by atoms with Crippen LogP contribution < -0.4 is 5.32 Å². The highest BCUT2D eigenvalue weighted by Gasteiger charge is 2.23. The molecule has 1 aliphatic heterocycles. The lowest BCUT2D eigenvalue weighted by Crippen LogP contribution is -2.21. The molecule has 2 atom stereocenters. The van der Waals surface area contributed by atoms with Crippen molar-refractivity contribution in [1.29, 1.82) is 0 Å². The Labute approximate surface area is 91.8 Å². The van der Waals surface area contributed by atoms with Crippen LogP contribution in [0.2, 0.25) is 0 Å². The Morgan fingerprint density at radius 2 is 2.21 bits per heavy atom. The molecule has 0 radical (unpaired) electrons. The second-order valence-corrected chi connectivity index (χ2v) is 4.72. The van der Waals surface area contributed by atoms with Crippen molar-refractivity contribution >= 4 is 15.9 Å². The molecule has 76 valence electrons. The van der Waals surface area contributed by atoms with E-state index in [1.165, 1.54) is 18.6 Å². The van der Waals surface area contributed by atoms with Crippen LogP contribution in [0, 0.1) is 5.82 Å². The molecule has 1 N–H and O–H groups in total. The summed E-state index contributed by atoms with van der Waals surface area (Å²) in [5, 5.41) is 3.48. The van der Waals surface area contributed by atoms with Crippen molar-refractivity contribution in [3.8, 4) is 0 Å². The molecular weight excluding hydrogens is 245 g/mol. The monoisotopic (exact) mass is 257 g/mol. The Morgan fingerprint density at radius 1 is 1.43 bits per heavy atom. The maximum Gasteiger partial charge on any atom is 0.124 e. The molecule has 3 heteroatoms. The molecule has 0 aromatic heterocycles. The van der Waals surface area contributed by atoms with E-state index in [-0.39, 0.29) is 5.82 Å². The Balaban J connectivity index is 2.24.